The van der Waals surface area contributed by atoms with Crippen LogP contribution in [0.1, 0.15) is 50.2 Å². The fourth-order valence-electron chi connectivity index (χ4n) is 3.03. The van der Waals surface area contributed by atoms with Crippen molar-refractivity contribution in [2.24, 2.45) is 0 Å². The summed E-state index contributed by atoms with van der Waals surface area (Å²) in [5, 5.41) is 13.6. The van der Waals surface area contributed by atoms with Crippen LogP contribution in [-0.2, 0) is 45.1 Å². The number of pyridine rings is 1. The summed E-state index contributed by atoms with van der Waals surface area (Å²) in [6, 6.07) is 4.51. The van der Waals surface area contributed by atoms with E-state index in [0.29, 0.717) is 0 Å². The largest absolute Gasteiger partial charge is 2.00 e. The van der Waals surface area contributed by atoms with Gasteiger partial charge in [-0.25, -0.2) is 4.98 Å². The van der Waals surface area contributed by atoms with Gasteiger partial charge < -0.3 is 20.2 Å². The van der Waals surface area contributed by atoms with Gasteiger partial charge in [0.15, 0.2) is 0 Å². The molecule has 3 rings (SSSR count). The van der Waals surface area contributed by atoms with E-state index in [2.05, 4.69) is 15.6 Å². The molecule has 0 aliphatic carbocycles. The van der Waals surface area contributed by atoms with Crippen molar-refractivity contribution < 1.29 is 82.7 Å². The third-order valence-electron chi connectivity index (χ3n) is 4.79. The van der Waals surface area contributed by atoms with E-state index in [1.165, 1.54) is 6.92 Å². The van der Waals surface area contributed by atoms with Crippen molar-refractivity contribution in [3.63, 3.8) is 0 Å². The van der Waals surface area contributed by atoms with Gasteiger partial charge in [-0.15, -0.1) is 11.4 Å². The van der Waals surface area contributed by atoms with Crippen LogP contribution in [0.2, 0.25) is 0 Å². The van der Waals surface area contributed by atoms with Crippen molar-refractivity contribution in [3.8, 4) is 6.07 Å². The average molecular weight is 735 g/mol. The van der Waals surface area contributed by atoms with Crippen molar-refractivity contribution in [2.75, 3.05) is 0 Å². The van der Waals surface area contributed by atoms with Crippen LogP contribution in [-0.4, -0.2) is 16.8 Å². The molecule has 0 atom stereocenters. The Balaban J connectivity index is 0.00000232. The molecule has 44 heavy (non-hydrogen) atoms. The standard InChI is InChI=1S/C23H11F12N3O2.C2H3N.Pd/c24-20(25,26)10-4-11(21(27,28)29)7-14(6-10)36-18(39)16-2-1-3-17(38-16)19(40)37-15-8-12(22(30,31)32)5-13(9-15)23(33,34)35;1-2-3;/h1-9H,(H2,36,37,39,40);1H3;/q;;+2/p-2. The van der Waals surface area contributed by atoms with Gasteiger partial charge in [0.1, 0.15) is 11.8 Å². The van der Waals surface area contributed by atoms with E-state index in [4.69, 9.17) is 5.26 Å². The third kappa shape index (κ3) is 10.5. The summed E-state index contributed by atoms with van der Waals surface area (Å²) in [6.07, 6.45) is -21.0. The summed E-state index contributed by atoms with van der Waals surface area (Å²) < 4.78 is 156. The molecule has 238 valence electrons. The zero-order valence-electron chi connectivity index (χ0n) is 21.2. The molecule has 0 spiro atoms. The van der Waals surface area contributed by atoms with Gasteiger partial charge >= 0.3 is 45.1 Å². The molecule has 3 aromatic rings. The second-order valence-corrected chi connectivity index (χ2v) is 7.99. The molecule has 0 radical (unpaired) electrons. The van der Waals surface area contributed by atoms with Gasteiger partial charge in [-0.3, -0.25) is 0 Å². The summed E-state index contributed by atoms with van der Waals surface area (Å²) in [7, 11) is 0. The van der Waals surface area contributed by atoms with E-state index >= 15 is 0 Å². The maximum absolute atomic E-state index is 13.0. The topological polar surface area (TPSA) is 99.0 Å². The van der Waals surface area contributed by atoms with Crippen LogP contribution >= 0.6 is 0 Å². The van der Waals surface area contributed by atoms with E-state index in [-0.39, 0.29) is 56.8 Å². The molecule has 0 aliphatic heterocycles. The SMILES string of the molecule is CC#N.O=C([N-]c1cc(C(F)(F)F)cc(C(F)(F)F)c1)c1cccc(C(=O)[N-]c2cc(C(F)(F)F)cc(C(F)(F)F)c2)n1.[Pd+2]. The summed E-state index contributed by atoms with van der Waals surface area (Å²) in [6.45, 7) is 1.43. The van der Waals surface area contributed by atoms with E-state index in [1.54, 1.807) is 6.07 Å². The molecule has 0 aliphatic rings. The summed E-state index contributed by atoms with van der Waals surface area (Å²) in [5.74, 6) is -3.05. The van der Waals surface area contributed by atoms with Gasteiger partial charge in [-0.1, -0.05) is 30.3 Å². The van der Waals surface area contributed by atoms with Crippen LogP contribution in [0.4, 0.5) is 64.1 Å². The van der Waals surface area contributed by atoms with Crippen LogP contribution < -0.4 is 0 Å². The first-order chi connectivity index (χ1) is 19.6. The first-order valence-corrected chi connectivity index (χ1v) is 10.9. The monoisotopic (exact) mass is 734 g/mol. The van der Waals surface area contributed by atoms with Crippen molar-refractivity contribution in [1.29, 1.82) is 5.26 Å². The number of hydrogen-bond donors (Lipinski definition) is 0. The van der Waals surface area contributed by atoms with Crippen LogP contribution in [0, 0.1) is 11.3 Å². The van der Waals surface area contributed by atoms with Crippen LogP contribution in [0.5, 0.6) is 0 Å². The predicted molar refractivity (Wildman–Crippen MR) is 123 cm³/mol. The van der Waals surface area contributed by atoms with Crippen molar-refractivity contribution in [1.82, 2.24) is 4.98 Å². The minimum atomic E-state index is -5.24. The molecule has 0 saturated carbocycles. The van der Waals surface area contributed by atoms with E-state index < -0.39 is 81.5 Å². The number of halogens is 12. The normalized spacial score (nSPS) is 11.7. The maximum Gasteiger partial charge on any atom is 2.00 e. The quantitative estimate of drug-likeness (QED) is 0.197. The van der Waals surface area contributed by atoms with E-state index in [9.17, 15) is 62.3 Å². The Morgan fingerprint density at radius 2 is 0.864 bits per heavy atom. The predicted octanol–water partition coefficient (Wildman–Crippen LogP) is 9.38. The number of rotatable bonds is 4. The second-order valence-electron chi connectivity index (χ2n) is 7.99. The number of alkyl halides is 12. The molecule has 2 amide bonds. The van der Waals surface area contributed by atoms with E-state index in [0.717, 1.165) is 18.2 Å². The molecule has 0 unspecified atom stereocenters. The number of carbonyl (C=O) groups excluding carboxylic acids is 2. The Morgan fingerprint density at radius 1 is 0.614 bits per heavy atom. The minimum Gasteiger partial charge on any atom is -0.621 e. The fourth-order valence-corrected chi connectivity index (χ4v) is 3.03. The Bertz CT molecular complexity index is 1370. The zero-order valence-corrected chi connectivity index (χ0v) is 22.7. The maximum atomic E-state index is 13.0. The fraction of sp³-hybridized carbons (Fsp3) is 0.200. The third-order valence-corrected chi connectivity index (χ3v) is 4.79. The minimum absolute atomic E-state index is 0. The van der Waals surface area contributed by atoms with Gasteiger partial charge in [-0.2, -0.15) is 57.9 Å². The molecule has 0 saturated heterocycles. The molecule has 0 N–H and O–H groups in total. The van der Waals surface area contributed by atoms with Crippen LogP contribution in [0.15, 0.2) is 54.6 Å². The summed E-state index contributed by atoms with van der Waals surface area (Å²) >= 11 is 0. The van der Waals surface area contributed by atoms with Crippen molar-refractivity contribution in [2.45, 2.75) is 31.6 Å². The first kappa shape index (κ1) is 37.9. The van der Waals surface area contributed by atoms with Gasteiger partial charge in [-0.05, 0) is 24.3 Å². The molecule has 0 fully saturated rings. The Kier molecular flexibility index (Phi) is 12.1. The number of carbonyl (C=O) groups is 2. The average Bonchev–Trinajstić information content (AvgIpc) is 2.87. The molecule has 19 heteroatoms. The number of benzene rings is 2. The molecular weight excluding hydrogens is 723 g/mol. The second kappa shape index (κ2) is 14.1. The van der Waals surface area contributed by atoms with Gasteiger partial charge in [0.05, 0.1) is 39.7 Å². The van der Waals surface area contributed by atoms with Crippen LogP contribution in [0.3, 0.4) is 0 Å². The molecule has 6 nitrogen and oxygen atoms in total. The Hall–Kier alpha value is -4.16. The number of nitrogens with zero attached hydrogens (tertiary/aromatic N) is 4. The Labute approximate surface area is 252 Å². The molecule has 1 aromatic heterocycles. The van der Waals surface area contributed by atoms with Gasteiger partial charge in [0.25, 0.3) is 0 Å². The molecule has 2 aromatic carbocycles. The van der Waals surface area contributed by atoms with E-state index in [1.807, 2.05) is 0 Å². The molecular formula is C25H12F12N4O2Pd. The van der Waals surface area contributed by atoms with Crippen molar-refractivity contribution in [3.05, 3.63) is 98.9 Å². The number of aromatic nitrogens is 1. The molecule has 1 heterocycles. The first-order valence-electron chi connectivity index (χ1n) is 10.9. The summed E-state index contributed by atoms with van der Waals surface area (Å²) in [4.78, 5) is 28.3. The van der Waals surface area contributed by atoms with Crippen molar-refractivity contribution >= 4 is 23.2 Å². The molecule has 0 bridgehead atoms. The Morgan fingerprint density at radius 3 is 1.09 bits per heavy atom. The zero-order chi connectivity index (χ0) is 33.0. The number of hydrogen-bond acceptors (Lipinski definition) is 4. The summed E-state index contributed by atoms with van der Waals surface area (Å²) in [5.41, 5.74) is -10.9. The smallest absolute Gasteiger partial charge is 0.621 e. The van der Waals surface area contributed by atoms with Gasteiger partial charge in [0.2, 0.25) is 0 Å². The van der Waals surface area contributed by atoms with Gasteiger partial charge in [0, 0.05) is 6.92 Å². The number of nitriles is 1. The number of amides is 2. The van der Waals surface area contributed by atoms with Crippen LogP contribution in [0.25, 0.3) is 10.6 Å².